The van der Waals surface area contributed by atoms with Crippen molar-refractivity contribution in [3.63, 3.8) is 0 Å². The highest BCUT2D eigenvalue weighted by Crippen LogP contribution is 2.30. The molecule has 2 aliphatic rings. The Labute approximate surface area is 114 Å². The molecule has 18 heavy (non-hydrogen) atoms. The van der Waals surface area contributed by atoms with Gasteiger partial charge in [-0.3, -0.25) is 4.90 Å². The Morgan fingerprint density at radius 1 is 1.11 bits per heavy atom. The van der Waals surface area contributed by atoms with Gasteiger partial charge in [0.15, 0.2) is 0 Å². The monoisotopic (exact) mass is 252 g/mol. The molecule has 1 N–H and O–H groups in total. The molecule has 1 aliphatic heterocycles. The van der Waals surface area contributed by atoms with Crippen molar-refractivity contribution in [2.75, 3.05) is 19.6 Å². The molecular formula is C16H32N2. The molecule has 1 saturated carbocycles. The molecule has 2 rings (SSSR count). The second kappa shape index (κ2) is 6.91. The van der Waals surface area contributed by atoms with Crippen LogP contribution in [-0.4, -0.2) is 36.6 Å². The minimum Gasteiger partial charge on any atom is -0.313 e. The second-order valence-electron chi connectivity index (χ2n) is 6.56. The van der Waals surface area contributed by atoms with Crippen molar-refractivity contribution in [1.29, 1.82) is 0 Å². The van der Waals surface area contributed by atoms with Crippen molar-refractivity contribution in [3.05, 3.63) is 0 Å². The first-order valence-corrected chi connectivity index (χ1v) is 8.19. The number of rotatable bonds is 5. The lowest BCUT2D eigenvalue weighted by atomic mass is 9.90. The lowest BCUT2D eigenvalue weighted by molar-refractivity contribution is 0.0920. The number of nitrogens with zero attached hydrogens (tertiary/aromatic N) is 1. The van der Waals surface area contributed by atoms with Crippen molar-refractivity contribution in [1.82, 2.24) is 10.2 Å². The molecule has 0 aromatic rings. The normalized spacial score (nSPS) is 32.8. The number of hydrogen-bond acceptors (Lipinski definition) is 2. The van der Waals surface area contributed by atoms with Gasteiger partial charge < -0.3 is 5.32 Å². The van der Waals surface area contributed by atoms with Crippen LogP contribution < -0.4 is 5.32 Å². The van der Waals surface area contributed by atoms with Crippen LogP contribution in [0, 0.1) is 11.8 Å². The summed E-state index contributed by atoms with van der Waals surface area (Å²) in [5.74, 6) is 1.82. The van der Waals surface area contributed by atoms with Gasteiger partial charge in [-0.05, 0) is 57.5 Å². The van der Waals surface area contributed by atoms with Gasteiger partial charge in [-0.15, -0.1) is 0 Å². The third-order valence-electron chi connectivity index (χ3n) is 5.37. The maximum Gasteiger partial charge on any atom is 0.0223 e. The molecule has 1 saturated heterocycles. The molecule has 2 nitrogen and oxygen atoms in total. The molecule has 3 atom stereocenters. The number of likely N-dealkylation sites (N-methyl/N-ethyl adjacent to an activating group) is 1. The van der Waals surface area contributed by atoms with E-state index in [0.717, 1.165) is 30.5 Å². The Bertz CT molecular complexity index is 235. The van der Waals surface area contributed by atoms with Gasteiger partial charge in [0.2, 0.25) is 0 Å². The molecule has 2 heteroatoms. The van der Waals surface area contributed by atoms with E-state index < -0.39 is 0 Å². The quantitative estimate of drug-likeness (QED) is 0.808. The molecule has 0 spiro atoms. The third-order valence-corrected chi connectivity index (χ3v) is 5.37. The number of piperidine rings is 1. The Balaban J connectivity index is 1.90. The van der Waals surface area contributed by atoms with Gasteiger partial charge >= 0.3 is 0 Å². The number of nitrogens with one attached hydrogen (secondary N) is 1. The van der Waals surface area contributed by atoms with E-state index in [1.165, 1.54) is 51.6 Å². The van der Waals surface area contributed by atoms with E-state index in [1.807, 2.05) is 0 Å². The first kappa shape index (κ1) is 14.3. The molecule has 1 aliphatic carbocycles. The van der Waals surface area contributed by atoms with Crippen LogP contribution in [0.15, 0.2) is 0 Å². The molecule has 0 radical (unpaired) electrons. The third kappa shape index (κ3) is 3.48. The van der Waals surface area contributed by atoms with Gasteiger partial charge in [0.1, 0.15) is 0 Å². The summed E-state index contributed by atoms with van der Waals surface area (Å²) < 4.78 is 0. The van der Waals surface area contributed by atoms with Crippen LogP contribution in [0.4, 0.5) is 0 Å². The highest BCUT2D eigenvalue weighted by Gasteiger charge is 2.30. The van der Waals surface area contributed by atoms with Gasteiger partial charge in [-0.2, -0.15) is 0 Å². The lowest BCUT2D eigenvalue weighted by Gasteiger charge is -2.41. The Morgan fingerprint density at radius 3 is 2.50 bits per heavy atom. The zero-order valence-corrected chi connectivity index (χ0v) is 12.6. The smallest absolute Gasteiger partial charge is 0.0223 e. The molecule has 0 aromatic carbocycles. The average molecular weight is 252 g/mol. The summed E-state index contributed by atoms with van der Waals surface area (Å²) in [6.45, 7) is 10.8. The largest absolute Gasteiger partial charge is 0.313 e. The summed E-state index contributed by atoms with van der Waals surface area (Å²) >= 11 is 0. The van der Waals surface area contributed by atoms with E-state index in [0.29, 0.717) is 0 Å². The highest BCUT2D eigenvalue weighted by molar-refractivity contribution is 4.87. The maximum absolute atomic E-state index is 3.77. The van der Waals surface area contributed by atoms with E-state index in [1.54, 1.807) is 0 Å². The highest BCUT2D eigenvalue weighted by atomic mass is 15.2. The van der Waals surface area contributed by atoms with E-state index in [2.05, 4.69) is 31.0 Å². The van der Waals surface area contributed by atoms with Crippen molar-refractivity contribution in [3.8, 4) is 0 Å². The summed E-state index contributed by atoms with van der Waals surface area (Å²) in [6, 6.07) is 1.52. The zero-order valence-electron chi connectivity index (χ0n) is 12.6. The standard InChI is InChI=1S/C16H32N2/c1-4-17-16(15-9-5-6-10-15)12-18-11-7-8-13(2)14(18)3/h13-17H,4-12H2,1-3H3. The molecule has 3 unspecified atom stereocenters. The fraction of sp³-hybridized carbons (Fsp3) is 1.00. The molecule has 1 heterocycles. The summed E-state index contributed by atoms with van der Waals surface area (Å²) in [7, 11) is 0. The fourth-order valence-electron chi connectivity index (χ4n) is 3.93. The van der Waals surface area contributed by atoms with Crippen LogP contribution in [0.3, 0.4) is 0 Å². The van der Waals surface area contributed by atoms with Crippen LogP contribution in [0.25, 0.3) is 0 Å². The Morgan fingerprint density at radius 2 is 1.83 bits per heavy atom. The second-order valence-corrected chi connectivity index (χ2v) is 6.56. The fourth-order valence-corrected chi connectivity index (χ4v) is 3.93. The maximum atomic E-state index is 3.77. The van der Waals surface area contributed by atoms with Crippen molar-refractivity contribution in [2.24, 2.45) is 11.8 Å². The van der Waals surface area contributed by atoms with Crippen LogP contribution in [-0.2, 0) is 0 Å². The van der Waals surface area contributed by atoms with Gasteiger partial charge in [0.05, 0.1) is 0 Å². The summed E-state index contributed by atoms with van der Waals surface area (Å²) in [5.41, 5.74) is 0. The molecule has 106 valence electrons. The predicted molar refractivity (Wildman–Crippen MR) is 78.9 cm³/mol. The van der Waals surface area contributed by atoms with Gasteiger partial charge in [0, 0.05) is 18.6 Å². The average Bonchev–Trinajstić information content (AvgIpc) is 2.88. The van der Waals surface area contributed by atoms with Crippen molar-refractivity contribution < 1.29 is 0 Å². The number of likely N-dealkylation sites (tertiary alicyclic amines) is 1. The first-order chi connectivity index (χ1) is 8.72. The van der Waals surface area contributed by atoms with Crippen molar-refractivity contribution in [2.45, 2.75) is 71.4 Å². The number of hydrogen-bond donors (Lipinski definition) is 1. The van der Waals surface area contributed by atoms with Crippen LogP contribution >= 0.6 is 0 Å². The zero-order chi connectivity index (χ0) is 13.0. The van der Waals surface area contributed by atoms with Crippen LogP contribution in [0.5, 0.6) is 0 Å². The lowest BCUT2D eigenvalue weighted by Crippen LogP contribution is -2.51. The minimum atomic E-state index is 0.741. The van der Waals surface area contributed by atoms with E-state index >= 15 is 0 Å². The summed E-state index contributed by atoms with van der Waals surface area (Å²) in [6.07, 6.45) is 8.64. The Hall–Kier alpha value is -0.0800. The van der Waals surface area contributed by atoms with Crippen LogP contribution in [0.1, 0.15) is 59.3 Å². The van der Waals surface area contributed by atoms with E-state index in [4.69, 9.17) is 0 Å². The first-order valence-electron chi connectivity index (χ1n) is 8.19. The molecular weight excluding hydrogens is 220 g/mol. The molecule has 0 bridgehead atoms. The van der Waals surface area contributed by atoms with E-state index in [-0.39, 0.29) is 0 Å². The SMILES string of the molecule is CCNC(CN1CCCC(C)C1C)C1CCCC1. The molecule has 2 fully saturated rings. The minimum absolute atomic E-state index is 0.741. The molecule has 0 amide bonds. The molecule has 0 aromatic heterocycles. The van der Waals surface area contributed by atoms with Gasteiger partial charge in [-0.25, -0.2) is 0 Å². The van der Waals surface area contributed by atoms with Gasteiger partial charge in [0.25, 0.3) is 0 Å². The summed E-state index contributed by atoms with van der Waals surface area (Å²) in [4.78, 5) is 2.75. The van der Waals surface area contributed by atoms with E-state index in [9.17, 15) is 0 Å². The topological polar surface area (TPSA) is 15.3 Å². The van der Waals surface area contributed by atoms with Crippen molar-refractivity contribution >= 4 is 0 Å². The predicted octanol–water partition coefficient (Wildman–Crippen LogP) is 3.28. The Kier molecular flexibility index (Phi) is 5.50. The summed E-state index contributed by atoms with van der Waals surface area (Å²) in [5, 5.41) is 3.77. The van der Waals surface area contributed by atoms with Gasteiger partial charge in [-0.1, -0.05) is 26.7 Å². The van der Waals surface area contributed by atoms with Crippen LogP contribution in [0.2, 0.25) is 0 Å².